The SMILES string of the molecule is CC(NC(=O)c1ccc(NC(=O)C2CC2)cc1)c1ccc(Cl)cc1. The zero-order chi connectivity index (χ0) is 17.1. The Labute approximate surface area is 146 Å². The van der Waals surface area contributed by atoms with Crippen molar-refractivity contribution in [2.24, 2.45) is 5.92 Å². The van der Waals surface area contributed by atoms with E-state index >= 15 is 0 Å². The van der Waals surface area contributed by atoms with Crippen LogP contribution in [0.15, 0.2) is 48.5 Å². The minimum absolute atomic E-state index is 0.0589. The maximum absolute atomic E-state index is 12.3. The smallest absolute Gasteiger partial charge is 0.251 e. The molecule has 1 fully saturated rings. The van der Waals surface area contributed by atoms with Crippen LogP contribution in [0.1, 0.15) is 41.7 Å². The number of nitrogens with one attached hydrogen (secondary N) is 2. The fraction of sp³-hybridized carbons (Fsp3) is 0.263. The summed E-state index contributed by atoms with van der Waals surface area (Å²) in [6.07, 6.45) is 1.93. The molecule has 0 aliphatic heterocycles. The first-order valence-corrected chi connectivity index (χ1v) is 8.38. The first-order valence-electron chi connectivity index (χ1n) is 8.00. The molecule has 5 heteroatoms. The van der Waals surface area contributed by atoms with Crippen LogP contribution in [0, 0.1) is 5.92 Å². The van der Waals surface area contributed by atoms with Gasteiger partial charge in [0.2, 0.25) is 5.91 Å². The molecule has 1 aliphatic carbocycles. The van der Waals surface area contributed by atoms with Gasteiger partial charge in [-0.3, -0.25) is 9.59 Å². The number of carbonyl (C=O) groups is 2. The van der Waals surface area contributed by atoms with Crippen LogP contribution in [0.4, 0.5) is 5.69 Å². The molecule has 0 bridgehead atoms. The molecule has 124 valence electrons. The number of carbonyl (C=O) groups excluding carboxylic acids is 2. The number of hydrogen-bond acceptors (Lipinski definition) is 2. The van der Waals surface area contributed by atoms with Gasteiger partial charge in [0.25, 0.3) is 5.91 Å². The molecule has 2 aromatic carbocycles. The minimum atomic E-state index is -0.155. The number of amides is 2. The van der Waals surface area contributed by atoms with Crippen LogP contribution in [0.3, 0.4) is 0 Å². The van der Waals surface area contributed by atoms with E-state index in [9.17, 15) is 9.59 Å². The van der Waals surface area contributed by atoms with E-state index in [2.05, 4.69) is 10.6 Å². The molecule has 0 saturated heterocycles. The van der Waals surface area contributed by atoms with Gasteiger partial charge in [-0.25, -0.2) is 0 Å². The third-order valence-electron chi connectivity index (χ3n) is 4.08. The number of benzene rings is 2. The summed E-state index contributed by atoms with van der Waals surface area (Å²) in [5.41, 5.74) is 2.26. The standard InChI is InChI=1S/C19H19ClN2O2/c1-12(13-4-8-16(20)9-5-13)21-18(23)15-6-10-17(11-7-15)22-19(24)14-2-3-14/h4-12,14H,2-3H2,1H3,(H,21,23)(H,22,24). The Kier molecular flexibility index (Phi) is 4.86. The normalized spacial score (nSPS) is 14.8. The molecular formula is C19H19ClN2O2. The van der Waals surface area contributed by atoms with Crippen LogP contribution >= 0.6 is 11.6 Å². The predicted octanol–water partition coefficient (Wildman–Crippen LogP) is 4.18. The van der Waals surface area contributed by atoms with Crippen molar-refractivity contribution in [2.75, 3.05) is 5.32 Å². The highest BCUT2D eigenvalue weighted by Gasteiger charge is 2.29. The van der Waals surface area contributed by atoms with Gasteiger partial charge in [-0.2, -0.15) is 0 Å². The summed E-state index contributed by atoms with van der Waals surface area (Å²) < 4.78 is 0. The number of rotatable bonds is 5. The lowest BCUT2D eigenvalue weighted by Gasteiger charge is -2.14. The van der Waals surface area contributed by atoms with Crippen molar-refractivity contribution >= 4 is 29.1 Å². The summed E-state index contributed by atoms with van der Waals surface area (Å²) >= 11 is 5.87. The third-order valence-corrected chi connectivity index (χ3v) is 4.33. The van der Waals surface area contributed by atoms with Crippen LogP contribution in [0.2, 0.25) is 5.02 Å². The second-order valence-corrected chi connectivity index (χ2v) is 6.52. The topological polar surface area (TPSA) is 58.2 Å². The van der Waals surface area contributed by atoms with Crippen molar-refractivity contribution in [3.63, 3.8) is 0 Å². The quantitative estimate of drug-likeness (QED) is 0.856. The van der Waals surface area contributed by atoms with Gasteiger partial charge in [-0.1, -0.05) is 23.7 Å². The lowest BCUT2D eigenvalue weighted by Crippen LogP contribution is -2.26. The van der Waals surface area contributed by atoms with Crippen molar-refractivity contribution in [3.8, 4) is 0 Å². The van der Waals surface area contributed by atoms with Gasteiger partial charge in [-0.15, -0.1) is 0 Å². The van der Waals surface area contributed by atoms with Gasteiger partial charge < -0.3 is 10.6 Å². The molecule has 4 nitrogen and oxygen atoms in total. The van der Waals surface area contributed by atoms with Crippen LogP contribution in [-0.4, -0.2) is 11.8 Å². The number of anilines is 1. The van der Waals surface area contributed by atoms with Gasteiger partial charge in [0.15, 0.2) is 0 Å². The highest BCUT2D eigenvalue weighted by atomic mass is 35.5. The summed E-state index contributed by atoms with van der Waals surface area (Å²) in [6.45, 7) is 1.92. The Balaban J connectivity index is 1.59. The number of halogens is 1. The first kappa shape index (κ1) is 16.5. The Morgan fingerprint density at radius 3 is 2.25 bits per heavy atom. The minimum Gasteiger partial charge on any atom is -0.346 e. The zero-order valence-corrected chi connectivity index (χ0v) is 14.1. The summed E-state index contributed by atoms with van der Waals surface area (Å²) in [6, 6.07) is 14.2. The Morgan fingerprint density at radius 1 is 1.04 bits per heavy atom. The van der Waals surface area contributed by atoms with Crippen molar-refractivity contribution in [2.45, 2.75) is 25.8 Å². The second-order valence-electron chi connectivity index (χ2n) is 6.09. The monoisotopic (exact) mass is 342 g/mol. The lowest BCUT2D eigenvalue weighted by molar-refractivity contribution is -0.117. The highest BCUT2D eigenvalue weighted by molar-refractivity contribution is 6.30. The van der Waals surface area contributed by atoms with Crippen LogP contribution in [0.5, 0.6) is 0 Å². The molecule has 0 aromatic heterocycles. The van der Waals surface area contributed by atoms with Crippen LogP contribution < -0.4 is 10.6 Å². The van der Waals surface area contributed by atoms with Gasteiger partial charge in [-0.05, 0) is 61.7 Å². The molecule has 0 radical (unpaired) electrons. The van der Waals surface area contributed by atoms with E-state index < -0.39 is 0 Å². The van der Waals surface area contributed by atoms with E-state index in [1.807, 2.05) is 19.1 Å². The van der Waals surface area contributed by atoms with Crippen LogP contribution in [0.25, 0.3) is 0 Å². The fourth-order valence-electron chi connectivity index (χ4n) is 2.41. The average Bonchev–Trinajstić information content (AvgIpc) is 3.41. The van der Waals surface area contributed by atoms with E-state index in [-0.39, 0.29) is 23.8 Å². The Morgan fingerprint density at radius 2 is 1.67 bits per heavy atom. The Bertz CT molecular complexity index is 737. The molecule has 2 N–H and O–H groups in total. The fourth-order valence-corrected chi connectivity index (χ4v) is 2.54. The molecular weight excluding hydrogens is 324 g/mol. The zero-order valence-electron chi connectivity index (χ0n) is 13.4. The van der Waals surface area contributed by atoms with Crippen molar-refractivity contribution < 1.29 is 9.59 Å². The van der Waals surface area contributed by atoms with Crippen molar-refractivity contribution in [1.29, 1.82) is 0 Å². The maximum atomic E-state index is 12.3. The molecule has 1 atom stereocenters. The molecule has 0 heterocycles. The van der Waals surface area contributed by atoms with E-state index in [0.717, 1.165) is 18.4 Å². The van der Waals surface area contributed by atoms with E-state index in [4.69, 9.17) is 11.6 Å². The van der Waals surface area contributed by atoms with E-state index in [0.29, 0.717) is 16.3 Å². The third kappa shape index (κ3) is 4.15. The summed E-state index contributed by atoms with van der Waals surface area (Å²) in [7, 11) is 0. The largest absolute Gasteiger partial charge is 0.346 e. The average molecular weight is 343 g/mol. The highest BCUT2D eigenvalue weighted by Crippen LogP contribution is 2.30. The van der Waals surface area contributed by atoms with E-state index in [1.54, 1.807) is 36.4 Å². The molecule has 2 amide bonds. The molecule has 3 rings (SSSR count). The van der Waals surface area contributed by atoms with Gasteiger partial charge >= 0.3 is 0 Å². The summed E-state index contributed by atoms with van der Waals surface area (Å²) in [5.74, 6) is 0.0642. The molecule has 0 spiro atoms. The van der Waals surface area contributed by atoms with Gasteiger partial charge in [0.05, 0.1) is 6.04 Å². The molecule has 2 aromatic rings. The molecule has 1 aliphatic rings. The van der Waals surface area contributed by atoms with E-state index in [1.165, 1.54) is 0 Å². The Hall–Kier alpha value is -2.33. The van der Waals surface area contributed by atoms with Crippen LogP contribution in [-0.2, 0) is 4.79 Å². The second kappa shape index (κ2) is 7.05. The number of hydrogen-bond donors (Lipinski definition) is 2. The van der Waals surface area contributed by atoms with Crippen molar-refractivity contribution in [1.82, 2.24) is 5.32 Å². The molecule has 24 heavy (non-hydrogen) atoms. The summed E-state index contributed by atoms with van der Waals surface area (Å²) in [5, 5.41) is 6.48. The summed E-state index contributed by atoms with van der Waals surface area (Å²) in [4.78, 5) is 24.0. The molecule has 1 unspecified atom stereocenters. The first-order chi connectivity index (χ1) is 11.5. The maximum Gasteiger partial charge on any atom is 0.251 e. The molecule has 1 saturated carbocycles. The van der Waals surface area contributed by atoms with Gasteiger partial charge in [0.1, 0.15) is 0 Å². The van der Waals surface area contributed by atoms with Gasteiger partial charge in [0, 0.05) is 22.2 Å². The lowest BCUT2D eigenvalue weighted by atomic mass is 10.1. The van der Waals surface area contributed by atoms with Crippen molar-refractivity contribution in [3.05, 3.63) is 64.7 Å². The predicted molar refractivity (Wildman–Crippen MR) is 95.1 cm³/mol.